The second kappa shape index (κ2) is 13.7. The molecule has 0 unspecified atom stereocenters. The van der Waals surface area contributed by atoms with Crippen molar-refractivity contribution < 1.29 is 41.5 Å². The van der Waals surface area contributed by atoms with Crippen molar-refractivity contribution in [1.82, 2.24) is 10.6 Å². The molecule has 0 aliphatic carbocycles. The summed E-state index contributed by atoms with van der Waals surface area (Å²) in [5.41, 5.74) is 3.54. The van der Waals surface area contributed by atoms with Crippen LogP contribution in [0.1, 0.15) is 58.9 Å². The second-order valence-corrected chi connectivity index (χ2v) is 14.7. The number of primary amides is 1. The molecule has 1 aromatic heterocycles. The van der Waals surface area contributed by atoms with Crippen LogP contribution in [0, 0.1) is 5.92 Å². The van der Waals surface area contributed by atoms with E-state index >= 15 is 0 Å². The van der Waals surface area contributed by atoms with Crippen LogP contribution in [-0.4, -0.2) is 60.5 Å². The van der Waals surface area contributed by atoms with Gasteiger partial charge in [0.1, 0.15) is 17.7 Å². The van der Waals surface area contributed by atoms with E-state index in [4.69, 9.17) is 19.6 Å². The predicted molar refractivity (Wildman–Crippen MR) is 174 cm³/mol. The van der Waals surface area contributed by atoms with Crippen molar-refractivity contribution in [3.05, 3.63) is 84.5 Å². The first-order valence-corrected chi connectivity index (χ1v) is 17.1. The minimum Gasteiger partial charge on any atom is -0.434 e. The van der Waals surface area contributed by atoms with Gasteiger partial charge in [-0.3, -0.25) is 14.4 Å². The third kappa shape index (κ3) is 7.10. The Kier molecular flexibility index (Phi) is 10.3. The van der Waals surface area contributed by atoms with Gasteiger partial charge >= 0.3 is 6.09 Å². The van der Waals surface area contributed by atoms with E-state index in [-0.39, 0.29) is 18.3 Å². The lowest BCUT2D eigenvalue weighted by Crippen LogP contribution is -2.64. The van der Waals surface area contributed by atoms with Crippen molar-refractivity contribution in [2.45, 2.75) is 75.5 Å². The van der Waals surface area contributed by atoms with E-state index in [2.05, 4.69) is 10.6 Å². The second-order valence-electron chi connectivity index (χ2n) is 12.1. The average molecular weight is 667 g/mol. The molecule has 4 N–H and O–H groups in total. The number of ketones is 1. The van der Waals surface area contributed by atoms with Gasteiger partial charge in [0, 0.05) is 18.7 Å². The first-order valence-electron chi connectivity index (χ1n) is 15.2. The van der Waals surface area contributed by atoms with Gasteiger partial charge in [0.15, 0.2) is 21.2 Å². The summed E-state index contributed by atoms with van der Waals surface area (Å²) in [6.45, 7) is 5.83. The van der Waals surface area contributed by atoms with Gasteiger partial charge in [-0.05, 0) is 49.9 Å². The molecule has 251 valence electrons. The molecule has 4 rings (SSSR count). The number of benzene rings is 2. The SMILES string of the molecule is CCCCCC(=O)[C](c1ccccc1-c1ccccc1)[C@]1(NC(=O)[C@@H](NC(=O)Oc2ccco2)C(C)(C)S(C)(=O)=O)O[C@]1(C)C(N)=O. The number of Topliss-reactive ketones (excluding diaryl/α,β-unsaturated/α-hetero) is 1. The Morgan fingerprint density at radius 2 is 1.64 bits per heavy atom. The Labute approximate surface area is 274 Å². The Bertz CT molecular complexity index is 1720. The molecule has 1 saturated heterocycles. The molecule has 1 fully saturated rings. The molecule has 1 aliphatic rings. The zero-order valence-electron chi connectivity index (χ0n) is 27.0. The maximum absolute atomic E-state index is 14.3. The predicted octanol–water partition coefficient (Wildman–Crippen LogP) is 4.09. The van der Waals surface area contributed by atoms with Crippen LogP contribution < -0.4 is 21.1 Å². The van der Waals surface area contributed by atoms with Crippen LogP contribution in [0.15, 0.2) is 77.4 Å². The lowest BCUT2D eigenvalue weighted by molar-refractivity contribution is -0.126. The quantitative estimate of drug-likeness (QED) is 0.159. The van der Waals surface area contributed by atoms with Crippen molar-refractivity contribution >= 4 is 33.5 Å². The number of carbonyl (C=O) groups excluding carboxylic acids is 4. The lowest BCUT2D eigenvalue weighted by Gasteiger charge is -2.34. The van der Waals surface area contributed by atoms with Gasteiger partial charge in [-0.2, -0.15) is 0 Å². The van der Waals surface area contributed by atoms with Gasteiger partial charge < -0.3 is 30.3 Å². The first-order chi connectivity index (χ1) is 22.1. The van der Waals surface area contributed by atoms with E-state index in [1.165, 1.54) is 39.2 Å². The van der Waals surface area contributed by atoms with E-state index in [0.29, 0.717) is 17.5 Å². The Balaban J connectivity index is 1.84. The number of epoxide rings is 1. The number of sulfone groups is 1. The summed E-state index contributed by atoms with van der Waals surface area (Å²) in [6.07, 6.45) is 3.15. The number of ether oxygens (including phenoxy) is 2. The van der Waals surface area contributed by atoms with Gasteiger partial charge in [-0.15, -0.1) is 0 Å². The molecule has 1 aliphatic heterocycles. The molecule has 3 atom stereocenters. The third-order valence-corrected chi connectivity index (χ3v) is 10.7. The molecule has 13 heteroatoms. The van der Waals surface area contributed by atoms with E-state index in [9.17, 15) is 27.6 Å². The van der Waals surface area contributed by atoms with E-state index in [1.54, 1.807) is 24.3 Å². The average Bonchev–Trinajstić information content (AvgIpc) is 3.31. The molecule has 0 spiro atoms. The molecule has 12 nitrogen and oxygen atoms in total. The van der Waals surface area contributed by atoms with E-state index < -0.39 is 55.6 Å². The summed E-state index contributed by atoms with van der Waals surface area (Å²) in [5, 5.41) is 4.97. The van der Waals surface area contributed by atoms with Crippen LogP contribution in [0.5, 0.6) is 5.95 Å². The van der Waals surface area contributed by atoms with Crippen LogP contribution in [0.25, 0.3) is 11.1 Å². The zero-order valence-corrected chi connectivity index (χ0v) is 27.8. The molecule has 0 bridgehead atoms. The summed E-state index contributed by atoms with van der Waals surface area (Å²) in [7, 11) is -4.04. The van der Waals surface area contributed by atoms with Crippen molar-refractivity contribution in [1.29, 1.82) is 0 Å². The van der Waals surface area contributed by atoms with Gasteiger partial charge in [-0.25, -0.2) is 13.2 Å². The maximum Gasteiger partial charge on any atom is 0.415 e. The van der Waals surface area contributed by atoms with E-state index in [1.807, 2.05) is 37.3 Å². The third-order valence-electron chi connectivity index (χ3n) is 8.54. The van der Waals surface area contributed by atoms with Crippen LogP contribution in [0.2, 0.25) is 0 Å². The number of carbonyl (C=O) groups is 4. The number of rotatable bonds is 15. The maximum atomic E-state index is 14.3. The number of furan rings is 1. The Morgan fingerprint density at radius 3 is 2.21 bits per heavy atom. The monoisotopic (exact) mass is 666 g/mol. The number of unbranched alkanes of at least 4 members (excludes halogenated alkanes) is 2. The Morgan fingerprint density at radius 1 is 0.979 bits per heavy atom. The molecule has 47 heavy (non-hydrogen) atoms. The van der Waals surface area contributed by atoms with Crippen molar-refractivity contribution in [2.24, 2.45) is 5.73 Å². The summed E-state index contributed by atoms with van der Waals surface area (Å²) >= 11 is 0. The molecule has 3 aromatic rings. The normalized spacial score (nSPS) is 19.9. The lowest BCUT2D eigenvalue weighted by atomic mass is 9.77. The largest absolute Gasteiger partial charge is 0.434 e. The van der Waals surface area contributed by atoms with Crippen molar-refractivity contribution in [3.8, 4) is 17.1 Å². The highest BCUT2D eigenvalue weighted by atomic mass is 32.2. The molecule has 0 saturated carbocycles. The number of amides is 3. The van der Waals surface area contributed by atoms with Gasteiger partial charge in [-0.1, -0.05) is 74.4 Å². The topological polar surface area (TPSA) is 187 Å². The molecule has 2 aromatic carbocycles. The highest BCUT2D eigenvalue weighted by molar-refractivity contribution is 7.92. The van der Waals surface area contributed by atoms with Crippen LogP contribution in [0.4, 0.5) is 4.79 Å². The van der Waals surface area contributed by atoms with E-state index in [0.717, 1.165) is 24.7 Å². The molecule has 3 amide bonds. The standard InChI is InChI=1S/C34H40N3O9S/c1-6-7-9-19-25(38)27(24-18-13-12-17-23(24)22-15-10-8-11-16-22)34(33(4,46-34)30(35)40)37-29(39)28(32(2,3)47(5,42)43)36-31(41)45-26-20-14-21-44-26/h8,10-18,20-21,28H,6-7,9,19H2,1-5H3,(H2,35,40)(H,36,41)(H,37,39)/t28-,33-,34+/m1/s1. The smallest absolute Gasteiger partial charge is 0.415 e. The number of nitrogens with one attached hydrogen (secondary N) is 2. The summed E-state index contributed by atoms with van der Waals surface area (Å²) < 4.78 is 40.2. The fourth-order valence-corrected chi connectivity index (χ4v) is 5.94. The van der Waals surface area contributed by atoms with Gasteiger partial charge in [0.25, 0.3) is 11.9 Å². The first kappa shape index (κ1) is 35.4. The highest BCUT2D eigenvalue weighted by Gasteiger charge is 2.78. The molecular weight excluding hydrogens is 626 g/mol. The molecular formula is C34H40N3O9S. The summed E-state index contributed by atoms with van der Waals surface area (Å²) in [5.74, 6) is -2.68. The van der Waals surface area contributed by atoms with Crippen molar-refractivity contribution in [3.63, 3.8) is 0 Å². The number of hydrogen-bond acceptors (Lipinski definition) is 9. The molecule has 1 radical (unpaired) electrons. The Hall–Kier alpha value is -4.49. The summed E-state index contributed by atoms with van der Waals surface area (Å²) in [6, 6.07) is 17.2. The summed E-state index contributed by atoms with van der Waals surface area (Å²) in [4.78, 5) is 54.4. The highest BCUT2D eigenvalue weighted by Crippen LogP contribution is 2.55. The fourth-order valence-electron chi connectivity index (χ4n) is 5.34. The van der Waals surface area contributed by atoms with Crippen LogP contribution >= 0.6 is 0 Å². The number of nitrogens with two attached hydrogens (primary N) is 1. The van der Waals surface area contributed by atoms with Crippen molar-refractivity contribution in [2.75, 3.05) is 6.26 Å². The fraction of sp³-hybridized carbons (Fsp3) is 0.382. The minimum absolute atomic E-state index is 0.0308. The van der Waals surface area contributed by atoms with Crippen LogP contribution in [0.3, 0.4) is 0 Å². The van der Waals surface area contributed by atoms with Gasteiger partial charge in [0.05, 0.1) is 11.0 Å². The van der Waals surface area contributed by atoms with Crippen LogP contribution in [-0.2, 0) is 29.0 Å². The van der Waals surface area contributed by atoms with Gasteiger partial charge in [0.2, 0.25) is 5.91 Å². The zero-order chi connectivity index (χ0) is 34.6. The number of hydrogen-bond donors (Lipinski definition) is 3. The molecule has 2 heterocycles. The minimum atomic E-state index is -4.04.